The smallest absolute Gasteiger partial charge is 0.154 e. The van der Waals surface area contributed by atoms with Gasteiger partial charge in [-0.3, -0.25) is 0 Å². The van der Waals surface area contributed by atoms with Gasteiger partial charge in [-0.25, -0.2) is 0 Å². The van der Waals surface area contributed by atoms with Crippen molar-refractivity contribution in [3.8, 4) is 6.07 Å². The van der Waals surface area contributed by atoms with Crippen LogP contribution in [0.25, 0.3) is 0 Å². The van der Waals surface area contributed by atoms with Crippen LogP contribution < -0.4 is 0 Å². The van der Waals surface area contributed by atoms with Gasteiger partial charge in [-0.2, -0.15) is 5.26 Å². The Balaban J connectivity index is 2.56. The van der Waals surface area contributed by atoms with Gasteiger partial charge >= 0.3 is 0 Å². The van der Waals surface area contributed by atoms with Gasteiger partial charge in [0.05, 0.1) is 12.2 Å². The third kappa shape index (κ3) is 1.78. The van der Waals surface area contributed by atoms with Crippen LogP contribution in [0.1, 0.15) is 40.0 Å². The molecule has 0 radical (unpaired) electrons. The van der Waals surface area contributed by atoms with E-state index >= 15 is 0 Å². The predicted octanol–water partition coefficient (Wildman–Crippen LogP) is 2.49. The summed E-state index contributed by atoms with van der Waals surface area (Å²) in [5.74, 6) is 0.463. The van der Waals surface area contributed by atoms with Crippen LogP contribution >= 0.6 is 0 Å². The van der Waals surface area contributed by atoms with E-state index < -0.39 is 5.60 Å². The average Bonchev–Trinajstić information content (AvgIpc) is 1.81. The summed E-state index contributed by atoms with van der Waals surface area (Å²) in [5.41, 5.74) is -0.535. The summed E-state index contributed by atoms with van der Waals surface area (Å²) in [7, 11) is 0. The van der Waals surface area contributed by atoms with Crippen LogP contribution in [-0.4, -0.2) is 11.7 Å². The fourth-order valence-corrected chi connectivity index (χ4v) is 1.66. The Morgan fingerprint density at radius 1 is 1.50 bits per heavy atom. The highest BCUT2D eigenvalue weighted by atomic mass is 16.5. The quantitative estimate of drug-likeness (QED) is 0.647. The lowest BCUT2D eigenvalue weighted by atomic mass is 9.74. The zero-order valence-corrected chi connectivity index (χ0v) is 8.13. The molecule has 0 spiro atoms. The van der Waals surface area contributed by atoms with Crippen molar-refractivity contribution in [3.05, 3.63) is 0 Å². The molecule has 0 aliphatic heterocycles. The molecule has 1 unspecified atom stereocenters. The van der Waals surface area contributed by atoms with E-state index in [0.717, 1.165) is 12.8 Å². The molecule has 1 rings (SSSR count). The maximum Gasteiger partial charge on any atom is 0.154 e. The molecule has 0 aromatic carbocycles. The number of hydrogen-bond acceptors (Lipinski definition) is 2. The van der Waals surface area contributed by atoms with Crippen molar-refractivity contribution in [3.63, 3.8) is 0 Å². The van der Waals surface area contributed by atoms with Gasteiger partial charge in [0.15, 0.2) is 5.60 Å². The van der Waals surface area contributed by atoms with E-state index in [9.17, 15) is 0 Å². The van der Waals surface area contributed by atoms with Crippen molar-refractivity contribution in [1.29, 1.82) is 5.26 Å². The molecule has 2 heteroatoms. The lowest BCUT2D eigenvalue weighted by Gasteiger charge is -2.38. The van der Waals surface area contributed by atoms with Crippen LogP contribution in [0.15, 0.2) is 0 Å². The average molecular weight is 167 g/mol. The third-order valence-electron chi connectivity index (χ3n) is 2.59. The highest BCUT2D eigenvalue weighted by Crippen LogP contribution is 2.38. The van der Waals surface area contributed by atoms with Crippen molar-refractivity contribution < 1.29 is 4.74 Å². The molecule has 0 aromatic heterocycles. The van der Waals surface area contributed by atoms with Crippen molar-refractivity contribution in [2.75, 3.05) is 0 Å². The van der Waals surface area contributed by atoms with Crippen molar-refractivity contribution >= 4 is 0 Å². The van der Waals surface area contributed by atoms with Gasteiger partial charge in [0, 0.05) is 5.92 Å². The van der Waals surface area contributed by atoms with Gasteiger partial charge in [-0.15, -0.1) is 0 Å². The molecular formula is C10H17NO. The molecule has 0 N–H and O–H groups in total. The molecule has 1 aliphatic rings. The molecule has 1 fully saturated rings. The standard InChI is InChI=1S/C10H17NO/c1-8(2)12-10(3,7-11)9-5-4-6-9/h8-9H,4-6H2,1-3H3. The maximum atomic E-state index is 8.99. The van der Waals surface area contributed by atoms with Crippen LogP contribution in [0.3, 0.4) is 0 Å². The van der Waals surface area contributed by atoms with E-state index in [0.29, 0.717) is 5.92 Å². The fraction of sp³-hybridized carbons (Fsp3) is 0.900. The second-order valence-corrected chi connectivity index (χ2v) is 4.01. The topological polar surface area (TPSA) is 33.0 Å². The molecule has 12 heavy (non-hydrogen) atoms. The highest BCUT2D eigenvalue weighted by molar-refractivity contribution is 5.05. The first kappa shape index (κ1) is 9.54. The van der Waals surface area contributed by atoms with Gasteiger partial charge in [-0.1, -0.05) is 6.42 Å². The Bertz CT molecular complexity index is 191. The zero-order chi connectivity index (χ0) is 9.19. The van der Waals surface area contributed by atoms with Gasteiger partial charge in [0.2, 0.25) is 0 Å². The first-order chi connectivity index (χ1) is 5.58. The number of nitriles is 1. The molecule has 1 saturated carbocycles. The lowest BCUT2D eigenvalue weighted by molar-refractivity contribution is -0.0857. The number of rotatable bonds is 3. The SMILES string of the molecule is CC(C)OC(C)(C#N)C1CCC1. The second-order valence-electron chi connectivity index (χ2n) is 4.01. The van der Waals surface area contributed by atoms with Crippen LogP contribution in [-0.2, 0) is 4.74 Å². The number of nitrogens with zero attached hydrogens (tertiary/aromatic N) is 1. The molecule has 2 nitrogen and oxygen atoms in total. The van der Waals surface area contributed by atoms with Crippen molar-refractivity contribution in [2.45, 2.75) is 51.7 Å². The molecule has 0 bridgehead atoms. The summed E-state index contributed by atoms with van der Waals surface area (Å²) in [5, 5.41) is 8.99. The Morgan fingerprint density at radius 3 is 2.33 bits per heavy atom. The van der Waals surface area contributed by atoms with Crippen LogP contribution in [0.4, 0.5) is 0 Å². The van der Waals surface area contributed by atoms with E-state index in [2.05, 4.69) is 6.07 Å². The molecular weight excluding hydrogens is 150 g/mol. The molecule has 0 saturated heterocycles. The summed E-state index contributed by atoms with van der Waals surface area (Å²) >= 11 is 0. The normalized spacial score (nSPS) is 22.9. The molecule has 0 amide bonds. The van der Waals surface area contributed by atoms with Crippen LogP contribution in [0.2, 0.25) is 0 Å². The Morgan fingerprint density at radius 2 is 2.08 bits per heavy atom. The molecule has 68 valence electrons. The van der Waals surface area contributed by atoms with Gasteiger partial charge < -0.3 is 4.74 Å². The summed E-state index contributed by atoms with van der Waals surface area (Å²) in [6.07, 6.45) is 3.70. The first-order valence-electron chi connectivity index (χ1n) is 4.67. The van der Waals surface area contributed by atoms with E-state index in [1.807, 2.05) is 20.8 Å². The maximum absolute atomic E-state index is 8.99. The van der Waals surface area contributed by atoms with Crippen LogP contribution in [0, 0.1) is 17.2 Å². The largest absolute Gasteiger partial charge is 0.357 e. The van der Waals surface area contributed by atoms with Gasteiger partial charge in [0.25, 0.3) is 0 Å². The van der Waals surface area contributed by atoms with Crippen molar-refractivity contribution in [1.82, 2.24) is 0 Å². The van der Waals surface area contributed by atoms with E-state index in [1.165, 1.54) is 6.42 Å². The monoisotopic (exact) mass is 167 g/mol. The predicted molar refractivity (Wildman–Crippen MR) is 47.6 cm³/mol. The zero-order valence-electron chi connectivity index (χ0n) is 8.13. The number of hydrogen-bond donors (Lipinski definition) is 0. The summed E-state index contributed by atoms with van der Waals surface area (Å²) < 4.78 is 5.63. The van der Waals surface area contributed by atoms with Crippen molar-refractivity contribution in [2.24, 2.45) is 5.92 Å². The van der Waals surface area contributed by atoms with E-state index in [1.54, 1.807) is 0 Å². The summed E-state index contributed by atoms with van der Waals surface area (Å²) in [6.45, 7) is 5.87. The third-order valence-corrected chi connectivity index (χ3v) is 2.59. The Hall–Kier alpha value is -0.550. The van der Waals surface area contributed by atoms with Gasteiger partial charge in [0.1, 0.15) is 0 Å². The summed E-state index contributed by atoms with van der Waals surface area (Å²) in [6, 6.07) is 2.29. The van der Waals surface area contributed by atoms with E-state index in [-0.39, 0.29) is 6.10 Å². The fourth-order valence-electron chi connectivity index (χ4n) is 1.66. The number of ether oxygens (including phenoxy) is 1. The molecule has 0 aromatic rings. The minimum atomic E-state index is -0.535. The lowest BCUT2D eigenvalue weighted by Crippen LogP contribution is -2.41. The molecule has 1 aliphatic carbocycles. The highest BCUT2D eigenvalue weighted by Gasteiger charge is 2.39. The van der Waals surface area contributed by atoms with Crippen LogP contribution in [0.5, 0.6) is 0 Å². The first-order valence-corrected chi connectivity index (χ1v) is 4.67. The second kappa shape index (κ2) is 3.45. The Labute approximate surface area is 74.5 Å². The minimum absolute atomic E-state index is 0.148. The Kier molecular flexibility index (Phi) is 2.74. The van der Waals surface area contributed by atoms with E-state index in [4.69, 9.17) is 10.00 Å². The van der Waals surface area contributed by atoms with Gasteiger partial charge in [-0.05, 0) is 33.6 Å². The minimum Gasteiger partial charge on any atom is -0.357 e. The molecule has 0 heterocycles. The summed E-state index contributed by atoms with van der Waals surface area (Å²) in [4.78, 5) is 0. The molecule has 1 atom stereocenters.